The summed E-state index contributed by atoms with van der Waals surface area (Å²) in [7, 11) is 0. The largest absolute Gasteiger partial charge is 0.341 e. The first-order valence-corrected chi connectivity index (χ1v) is 10.0. The molecule has 1 aromatic carbocycles. The molecule has 3 aromatic heterocycles. The minimum absolute atomic E-state index is 0.797. The van der Waals surface area contributed by atoms with E-state index in [1.54, 1.807) is 18.1 Å². The van der Waals surface area contributed by atoms with Gasteiger partial charge in [0, 0.05) is 10.3 Å². The molecule has 0 aliphatic heterocycles. The molecule has 0 fully saturated rings. The monoisotopic (exact) mass is 352 g/mol. The number of fused-ring (bicyclic) bond motifs is 4. The van der Waals surface area contributed by atoms with Gasteiger partial charge in [-0.1, -0.05) is 23.9 Å². The molecule has 1 N–H and O–H groups in total. The van der Waals surface area contributed by atoms with Crippen molar-refractivity contribution in [3.63, 3.8) is 0 Å². The Morgan fingerprint density at radius 2 is 2.04 bits per heavy atom. The van der Waals surface area contributed by atoms with Crippen LogP contribution in [0.4, 0.5) is 0 Å². The van der Waals surface area contributed by atoms with E-state index in [0.717, 1.165) is 32.5 Å². The molecule has 4 aromatic rings. The Hall–Kier alpha value is -1.92. The van der Waals surface area contributed by atoms with Gasteiger partial charge in [0.1, 0.15) is 22.0 Å². The minimum atomic E-state index is 0.797. The fourth-order valence-corrected chi connectivity index (χ4v) is 5.57. The van der Waals surface area contributed by atoms with Crippen molar-refractivity contribution in [1.82, 2.24) is 19.9 Å². The van der Waals surface area contributed by atoms with Crippen molar-refractivity contribution in [2.75, 3.05) is 0 Å². The molecule has 24 heavy (non-hydrogen) atoms. The van der Waals surface area contributed by atoms with Crippen molar-refractivity contribution in [3.8, 4) is 0 Å². The highest BCUT2D eigenvalue weighted by Crippen LogP contribution is 2.39. The number of hydrogen-bond acceptors (Lipinski definition) is 5. The minimum Gasteiger partial charge on any atom is -0.341 e. The van der Waals surface area contributed by atoms with Crippen LogP contribution >= 0.6 is 23.1 Å². The zero-order chi connectivity index (χ0) is 15.9. The number of para-hydroxylation sites is 2. The number of aryl methyl sites for hydroxylation is 2. The smallest absolute Gasteiger partial charge is 0.128 e. The maximum Gasteiger partial charge on any atom is 0.128 e. The Morgan fingerprint density at radius 1 is 1.12 bits per heavy atom. The average Bonchev–Trinajstić information content (AvgIpc) is 3.20. The lowest BCUT2D eigenvalue weighted by Crippen LogP contribution is -1.99. The number of aromatic amines is 1. The van der Waals surface area contributed by atoms with E-state index in [4.69, 9.17) is 0 Å². The van der Waals surface area contributed by atoms with E-state index < -0.39 is 0 Å². The lowest BCUT2D eigenvalue weighted by Gasteiger charge is -2.11. The number of thioether (sulfide) groups is 1. The summed E-state index contributed by atoms with van der Waals surface area (Å²) in [6, 6.07) is 8.15. The third-order valence-corrected chi connectivity index (χ3v) is 6.70. The summed E-state index contributed by atoms with van der Waals surface area (Å²) in [6.45, 7) is 0. The number of nitrogens with zero attached hydrogens (tertiary/aromatic N) is 3. The highest BCUT2D eigenvalue weighted by molar-refractivity contribution is 7.98. The third kappa shape index (κ3) is 2.41. The van der Waals surface area contributed by atoms with Gasteiger partial charge in [0.15, 0.2) is 0 Å². The molecule has 0 bridgehead atoms. The number of H-pyrrole nitrogens is 1. The molecule has 3 heterocycles. The summed E-state index contributed by atoms with van der Waals surface area (Å²) >= 11 is 3.61. The Balaban J connectivity index is 1.49. The maximum absolute atomic E-state index is 4.67. The fourth-order valence-electron chi connectivity index (χ4n) is 3.38. The van der Waals surface area contributed by atoms with Crippen LogP contribution in [0.2, 0.25) is 0 Å². The normalized spacial score (nSPS) is 14.3. The number of aromatic nitrogens is 4. The molecule has 120 valence electrons. The number of hydrogen-bond donors (Lipinski definition) is 1. The lowest BCUT2D eigenvalue weighted by molar-refractivity contribution is 0.699. The second-order valence-corrected chi connectivity index (χ2v) is 8.11. The van der Waals surface area contributed by atoms with Crippen molar-refractivity contribution in [2.45, 2.75) is 36.5 Å². The number of rotatable bonds is 3. The van der Waals surface area contributed by atoms with Gasteiger partial charge >= 0.3 is 0 Å². The van der Waals surface area contributed by atoms with E-state index >= 15 is 0 Å². The molecule has 0 saturated heterocycles. The number of benzene rings is 1. The molecular weight excluding hydrogens is 336 g/mol. The van der Waals surface area contributed by atoms with Crippen LogP contribution in [0, 0.1) is 0 Å². The number of nitrogens with one attached hydrogen (secondary N) is 1. The third-order valence-electron chi connectivity index (χ3n) is 4.50. The summed E-state index contributed by atoms with van der Waals surface area (Å²) in [4.78, 5) is 19.8. The van der Waals surface area contributed by atoms with E-state index in [-0.39, 0.29) is 0 Å². The topological polar surface area (TPSA) is 54.5 Å². The fraction of sp³-hybridized carbons (Fsp3) is 0.278. The summed E-state index contributed by atoms with van der Waals surface area (Å²) in [5.74, 6) is 1.79. The second-order valence-electron chi connectivity index (χ2n) is 6.06. The van der Waals surface area contributed by atoms with Gasteiger partial charge < -0.3 is 4.98 Å². The van der Waals surface area contributed by atoms with Gasteiger partial charge in [-0.2, -0.15) is 0 Å². The van der Waals surface area contributed by atoms with Gasteiger partial charge in [-0.3, -0.25) is 0 Å². The molecule has 0 unspecified atom stereocenters. The highest BCUT2D eigenvalue weighted by atomic mass is 32.2. The number of imidazole rings is 1. The van der Waals surface area contributed by atoms with Crippen LogP contribution in [-0.4, -0.2) is 19.9 Å². The maximum atomic E-state index is 4.67. The van der Waals surface area contributed by atoms with E-state index in [0.29, 0.717) is 0 Å². The molecule has 0 spiro atoms. The van der Waals surface area contributed by atoms with Crippen molar-refractivity contribution in [1.29, 1.82) is 0 Å². The predicted molar refractivity (Wildman–Crippen MR) is 99.7 cm³/mol. The molecule has 5 rings (SSSR count). The van der Waals surface area contributed by atoms with Gasteiger partial charge in [0.25, 0.3) is 0 Å². The quantitative estimate of drug-likeness (QED) is 0.427. The molecular formula is C18H16N4S2. The second kappa shape index (κ2) is 5.86. The van der Waals surface area contributed by atoms with Gasteiger partial charge in [-0.25, -0.2) is 15.0 Å². The Kier molecular flexibility index (Phi) is 3.52. The first-order valence-electron chi connectivity index (χ1n) is 8.20. The highest BCUT2D eigenvalue weighted by Gasteiger charge is 2.20. The first kappa shape index (κ1) is 14.4. The zero-order valence-electron chi connectivity index (χ0n) is 13.1. The van der Waals surface area contributed by atoms with Crippen LogP contribution in [0.25, 0.3) is 21.3 Å². The standard InChI is InChI=1S/C18H16N4S2/c1-4-8-14-11(5-1)16-17(19-10-20-18(16)24-14)23-9-15-21-12-6-2-3-7-13(12)22-15/h2-3,6-7,10H,1,4-5,8-9H2,(H,21,22). The molecule has 0 saturated carbocycles. The van der Waals surface area contributed by atoms with Crippen molar-refractivity contribution in [3.05, 3.63) is 46.9 Å². The lowest BCUT2D eigenvalue weighted by atomic mass is 9.97. The summed E-state index contributed by atoms with van der Waals surface area (Å²) in [5, 5.41) is 2.39. The SMILES string of the molecule is c1ccc2[nH]c(CSc3ncnc4sc5c(c34)CCCC5)nc2c1. The molecule has 4 nitrogen and oxygen atoms in total. The zero-order valence-corrected chi connectivity index (χ0v) is 14.7. The van der Waals surface area contributed by atoms with Crippen LogP contribution in [0.15, 0.2) is 35.6 Å². The van der Waals surface area contributed by atoms with Crippen LogP contribution in [-0.2, 0) is 18.6 Å². The van der Waals surface area contributed by atoms with Crippen LogP contribution in [0.1, 0.15) is 29.1 Å². The predicted octanol–water partition coefficient (Wildman–Crippen LogP) is 4.74. The van der Waals surface area contributed by atoms with Crippen molar-refractivity contribution < 1.29 is 0 Å². The van der Waals surface area contributed by atoms with Crippen LogP contribution < -0.4 is 0 Å². The van der Waals surface area contributed by atoms with Gasteiger partial charge in [0.2, 0.25) is 0 Å². The molecule has 0 atom stereocenters. The van der Waals surface area contributed by atoms with E-state index in [1.807, 2.05) is 29.5 Å². The number of thiophene rings is 1. The van der Waals surface area contributed by atoms with E-state index in [1.165, 1.54) is 41.5 Å². The van der Waals surface area contributed by atoms with Gasteiger partial charge in [0.05, 0.1) is 16.8 Å². The van der Waals surface area contributed by atoms with Gasteiger partial charge in [-0.15, -0.1) is 11.3 Å². The van der Waals surface area contributed by atoms with Crippen molar-refractivity contribution >= 4 is 44.3 Å². The first-order chi connectivity index (χ1) is 11.9. The van der Waals surface area contributed by atoms with Crippen LogP contribution in [0.3, 0.4) is 0 Å². The molecule has 0 amide bonds. The van der Waals surface area contributed by atoms with Gasteiger partial charge in [-0.05, 0) is 43.4 Å². The van der Waals surface area contributed by atoms with Crippen molar-refractivity contribution in [2.24, 2.45) is 0 Å². The summed E-state index contributed by atoms with van der Waals surface area (Å²) < 4.78 is 0. The summed E-state index contributed by atoms with van der Waals surface area (Å²) in [5.41, 5.74) is 3.61. The molecule has 1 aliphatic carbocycles. The Morgan fingerprint density at radius 3 is 3.00 bits per heavy atom. The molecule has 0 radical (unpaired) electrons. The van der Waals surface area contributed by atoms with E-state index in [2.05, 4.69) is 26.0 Å². The molecule has 6 heteroatoms. The Labute approximate surface area is 147 Å². The van der Waals surface area contributed by atoms with Crippen LogP contribution in [0.5, 0.6) is 0 Å². The summed E-state index contributed by atoms with van der Waals surface area (Å²) in [6.07, 6.45) is 6.65. The molecule has 1 aliphatic rings. The van der Waals surface area contributed by atoms with E-state index in [9.17, 15) is 0 Å². The average molecular weight is 352 g/mol. The Bertz CT molecular complexity index is 1000.